The predicted octanol–water partition coefficient (Wildman–Crippen LogP) is 3.67. The second-order valence-electron chi connectivity index (χ2n) is 4.98. The third-order valence-electron chi connectivity index (χ3n) is 3.56. The molecule has 1 aromatic heterocycles. The average molecular weight is 235 g/mol. The van der Waals surface area contributed by atoms with Crippen LogP contribution in [-0.4, -0.2) is 15.7 Å². The molecule has 4 rings (SSSR count). The van der Waals surface area contributed by atoms with Gasteiger partial charge in [-0.3, -0.25) is 4.99 Å². The molecule has 0 bridgehead atoms. The van der Waals surface area contributed by atoms with Gasteiger partial charge in [-0.05, 0) is 30.9 Å². The number of nitrogens with zero attached hydrogens (tertiary/aromatic N) is 2. The van der Waals surface area contributed by atoms with E-state index in [-0.39, 0.29) is 0 Å². The van der Waals surface area contributed by atoms with Gasteiger partial charge in [0.1, 0.15) is 5.82 Å². The maximum Gasteiger partial charge on any atom is 0.104 e. The molecule has 18 heavy (non-hydrogen) atoms. The highest BCUT2D eigenvalue weighted by Crippen LogP contribution is 2.38. The fourth-order valence-electron chi connectivity index (χ4n) is 2.81. The highest BCUT2D eigenvalue weighted by Gasteiger charge is 2.17. The third-order valence-corrected chi connectivity index (χ3v) is 3.56. The van der Waals surface area contributed by atoms with Gasteiger partial charge in [0.15, 0.2) is 0 Å². The smallest absolute Gasteiger partial charge is 0.104 e. The molecule has 1 aliphatic heterocycles. The molecule has 0 fully saturated rings. The summed E-state index contributed by atoms with van der Waals surface area (Å²) >= 11 is 0. The highest BCUT2D eigenvalue weighted by molar-refractivity contribution is 6.13. The largest absolute Gasteiger partial charge is 0.342 e. The van der Waals surface area contributed by atoms with Crippen molar-refractivity contribution in [2.75, 3.05) is 0 Å². The van der Waals surface area contributed by atoms with E-state index in [0.717, 1.165) is 29.0 Å². The summed E-state index contributed by atoms with van der Waals surface area (Å²) in [4.78, 5) is 12.6. The summed E-state index contributed by atoms with van der Waals surface area (Å²) in [5.41, 5.74) is 5.74. The number of imidazole rings is 1. The lowest BCUT2D eigenvalue weighted by molar-refractivity contribution is 1.17. The highest BCUT2D eigenvalue weighted by atomic mass is 14.9. The van der Waals surface area contributed by atoms with Crippen molar-refractivity contribution in [1.29, 1.82) is 0 Å². The molecule has 2 aromatic carbocycles. The third kappa shape index (κ3) is 1.19. The lowest BCUT2D eigenvalue weighted by Gasteiger charge is -2.04. The van der Waals surface area contributed by atoms with Gasteiger partial charge in [-0.15, -0.1) is 0 Å². The molecule has 0 radical (unpaired) electrons. The SMILES string of the molecule is CC1=Nc2c(ccc3ccc4[nH]c(C)nc4c23)C1. The normalized spacial score (nSPS) is 14.2. The molecule has 88 valence electrons. The first-order chi connectivity index (χ1) is 8.72. The van der Waals surface area contributed by atoms with Crippen molar-refractivity contribution >= 4 is 33.2 Å². The van der Waals surface area contributed by atoms with Crippen molar-refractivity contribution < 1.29 is 0 Å². The maximum absolute atomic E-state index is 4.70. The number of aromatic amines is 1. The molecule has 0 amide bonds. The van der Waals surface area contributed by atoms with Crippen LogP contribution in [0.15, 0.2) is 29.3 Å². The summed E-state index contributed by atoms with van der Waals surface area (Å²) < 4.78 is 0. The minimum Gasteiger partial charge on any atom is -0.342 e. The van der Waals surface area contributed by atoms with E-state index in [1.165, 1.54) is 22.0 Å². The van der Waals surface area contributed by atoms with Crippen LogP contribution in [0.5, 0.6) is 0 Å². The van der Waals surface area contributed by atoms with E-state index < -0.39 is 0 Å². The van der Waals surface area contributed by atoms with Gasteiger partial charge in [0.05, 0.1) is 16.7 Å². The minimum absolute atomic E-state index is 0.953. The Kier molecular flexibility index (Phi) is 1.74. The fraction of sp³-hybridized carbons (Fsp3) is 0.200. The second-order valence-corrected chi connectivity index (χ2v) is 4.98. The summed E-state index contributed by atoms with van der Waals surface area (Å²) in [5.74, 6) is 0.953. The van der Waals surface area contributed by atoms with E-state index in [1.807, 2.05) is 6.92 Å². The molecule has 0 aliphatic carbocycles. The van der Waals surface area contributed by atoms with Gasteiger partial charge in [0, 0.05) is 17.5 Å². The van der Waals surface area contributed by atoms with Gasteiger partial charge in [-0.1, -0.05) is 18.2 Å². The number of H-pyrrole nitrogens is 1. The second kappa shape index (κ2) is 3.19. The van der Waals surface area contributed by atoms with Gasteiger partial charge in [0.2, 0.25) is 0 Å². The Morgan fingerprint density at radius 2 is 1.94 bits per heavy atom. The Morgan fingerprint density at radius 1 is 1.11 bits per heavy atom. The number of aryl methyl sites for hydroxylation is 1. The van der Waals surface area contributed by atoms with Gasteiger partial charge >= 0.3 is 0 Å². The Morgan fingerprint density at radius 3 is 2.83 bits per heavy atom. The quantitative estimate of drug-likeness (QED) is 0.634. The van der Waals surface area contributed by atoms with Crippen LogP contribution in [-0.2, 0) is 6.42 Å². The van der Waals surface area contributed by atoms with Gasteiger partial charge in [-0.25, -0.2) is 4.98 Å². The molecule has 1 aliphatic rings. The van der Waals surface area contributed by atoms with Crippen LogP contribution in [0.25, 0.3) is 21.8 Å². The Labute approximate surface area is 105 Å². The zero-order valence-electron chi connectivity index (χ0n) is 10.4. The number of aliphatic imine (C=N–C) groups is 1. The van der Waals surface area contributed by atoms with Gasteiger partial charge < -0.3 is 4.98 Å². The molecule has 0 spiro atoms. The van der Waals surface area contributed by atoms with Crippen LogP contribution < -0.4 is 0 Å². The lowest BCUT2D eigenvalue weighted by Crippen LogP contribution is -1.88. The zero-order chi connectivity index (χ0) is 12.3. The number of aromatic nitrogens is 2. The molecular weight excluding hydrogens is 222 g/mol. The van der Waals surface area contributed by atoms with Crippen LogP contribution in [0.3, 0.4) is 0 Å². The van der Waals surface area contributed by atoms with Crippen molar-refractivity contribution in [3.05, 3.63) is 35.7 Å². The van der Waals surface area contributed by atoms with Crippen LogP contribution in [0.2, 0.25) is 0 Å². The molecule has 0 saturated heterocycles. The zero-order valence-corrected chi connectivity index (χ0v) is 10.4. The minimum atomic E-state index is 0.953. The fourth-order valence-corrected chi connectivity index (χ4v) is 2.81. The number of rotatable bonds is 0. The monoisotopic (exact) mass is 235 g/mol. The van der Waals surface area contributed by atoms with Crippen molar-refractivity contribution in [3.8, 4) is 0 Å². The van der Waals surface area contributed by atoms with E-state index in [0.29, 0.717) is 0 Å². The Balaban J connectivity index is 2.26. The van der Waals surface area contributed by atoms with E-state index >= 15 is 0 Å². The van der Waals surface area contributed by atoms with Gasteiger partial charge in [0.25, 0.3) is 0 Å². The van der Waals surface area contributed by atoms with Crippen LogP contribution in [0, 0.1) is 6.92 Å². The lowest BCUT2D eigenvalue weighted by atomic mass is 10.0. The van der Waals surface area contributed by atoms with Crippen molar-refractivity contribution in [2.24, 2.45) is 4.99 Å². The number of benzene rings is 2. The van der Waals surface area contributed by atoms with Crippen LogP contribution in [0.4, 0.5) is 5.69 Å². The summed E-state index contributed by atoms with van der Waals surface area (Å²) in [7, 11) is 0. The Hall–Kier alpha value is -2.16. The molecule has 1 N–H and O–H groups in total. The summed E-state index contributed by atoms with van der Waals surface area (Å²) in [6.07, 6.45) is 0.963. The van der Waals surface area contributed by atoms with Crippen molar-refractivity contribution in [2.45, 2.75) is 20.3 Å². The summed E-state index contributed by atoms with van der Waals surface area (Å²) in [6.45, 7) is 4.07. The number of hydrogen-bond donors (Lipinski definition) is 1. The molecule has 3 heteroatoms. The first kappa shape index (κ1) is 9.83. The molecule has 3 nitrogen and oxygen atoms in total. The van der Waals surface area contributed by atoms with E-state index in [4.69, 9.17) is 4.99 Å². The van der Waals surface area contributed by atoms with E-state index in [1.54, 1.807) is 0 Å². The first-order valence-corrected chi connectivity index (χ1v) is 6.17. The number of fused-ring (bicyclic) bond motifs is 5. The van der Waals surface area contributed by atoms with Crippen LogP contribution >= 0.6 is 0 Å². The van der Waals surface area contributed by atoms with E-state index in [9.17, 15) is 0 Å². The molecule has 0 saturated carbocycles. The summed E-state index contributed by atoms with van der Waals surface area (Å²) in [6, 6.07) is 8.59. The maximum atomic E-state index is 4.70. The molecule has 0 atom stereocenters. The molecule has 2 heterocycles. The van der Waals surface area contributed by atoms with Crippen molar-refractivity contribution in [3.63, 3.8) is 0 Å². The predicted molar refractivity (Wildman–Crippen MR) is 74.8 cm³/mol. The number of hydrogen-bond acceptors (Lipinski definition) is 2. The molecule has 0 unspecified atom stereocenters. The number of nitrogens with one attached hydrogen (secondary N) is 1. The van der Waals surface area contributed by atoms with E-state index in [2.05, 4.69) is 41.2 Å². The van der Waals surface area contributed by atoms with Crippen LogP contribution in [0.1, 0.15) is 18.3 Å². The average Bonchev–Trinajstić information content (AvgIpc) is 2.88. The van der Waals surface area contributed by atoms with Gasteiger partial charge in [-0.2, -0.15) is 0 Å². The standard InChI is InChI=1S/C15H13N3/c1-8-7-11-4-3-10-5-6-12-15(18-9(2)17-12)13(10)14(11)16-8/h3-6H,7H2,1-2H3,(H,17,18). The molecule has 3 aromatic rings. The summed E-state index contributed by atoms with van der Waals surface area (Å²) in [5, 5.41) is 2.40. The van der Waals surface area contributed by atoms with Crippen molar-refractivity contribution in [1.82, 2.24) is 9.97 Å². The molecular formula is C15H13N3. The first-order valence-electron chi connectivity index (χ1n) is 6.17. The Bertz CT molecular complexity index is 824. The topological polar surface area (TPSA) is 41.0 Å².